The van der Waals surface area contributed by atoms with Crippen LogP contribution in [0.15, 0.2) is 63.5 Å². The smallest absolute Gasteiger partial charge is 0.338 e. The van der Waals surface area contributed by atoms with Crippen LogP contribution in [-0.4, -0.2) is 37.3 Å². The van der Waals surface area contributed by atoms with E-state index in [1.54, 1.807) is 31.2 Å². The van der Waals surface area contributed by atoms with Gasteiger partial charge in [0.2, 0.25) is 0 Å². The number of aromatic nitrogens is 1. The van der Waals surface area contributed by atoms with E-state index in [2.05, 4.69) is 11.9 Å². The Kier molecular flexibility index (Phi) is 9.21. The Labute approximate surface area is 236 Å². The number of nitrogens with zero attached hydrogens (tertiary/aromatic N) is 2. The molecule has 0 bridgehead atoms. The van der Waals surface area contributed by atoms with E-state index in [1.807, 2.05) is 24.3 Å². The fourth-order valence-electron chi connectivity index (χ4n) is 4.46. The number of benzene rings is 2. The van der Waals surface area contributed by atoms with Crippen LogP contribution in [-0.2, 0) is 14.3 Å². The van der Waals surface area contributed by atoms with Gasteiger partial charge in [0, 0.05) is 6.92 Å². The van der Waals surface area contributed by atoms with Gasteiger partial charge in [-0.25, -0.2) is 9.79 Å². The number of allylic oxidation sites excluding steroid dienone is 1. The first-order valence-corrected chi connectivity index (χ1v) is 13.8. The van der Waals surface area contributed by atoms with Gasteiger partial charge in [0.05, 0.1) is 42.7 Å². The molecule has 10 heteroatoms. The van der Waals surface area contributed by atoms with Crippen molar-refractivity contribution >= 4 is 29.4 Å². The van der Waals surface area contributed by atoms with E-state index in [9.17, 15) is 14.4 Å². The standard InChI is InChI=1S/C30H32N2O7S/c1-6-7-8-15-38-22-12-9-20(10-13-22)16-25-28(34)32-27(26(29(35)37-5)18(2)31-30(32)40-25)21-11-14-23(39-19(3)33)24(17-21)36-4/h9-14,16-17,27H,6-8,15H2,1-5H3/b25-16+/t27-/m1/s1. The minimum Gasteiger partial charge on any atom is -0.494 e. The molecule has 0 saturated carbocycles. The van der Waals surface area contributed by atoms with Crippen molar-refractivity contribution in [1.29, 1.82) is 0 Å². The van der Waals surface area contributed by atoms with Gasteiger partial charge in [0.1, 0.15) is 5.75 Å². The number of rotatable bonds is 10. The van der Waals surface area contributed by atoms with E-state index in [-0.39, 0.29) is 22.6 Å². The van der Waals surface area contributed by atoms with Crippen molar-refractivity contribution in [2.45, 2.75) is 46.1 Å². The second kappa shape index (κ2) is 12.8. The average Bonchev–Trinajstić information content (AvgIpc) is 3.24. The Balaban J connectivity index is 1.78. The van der Waals surface area contributed by atoms with Gasteiger partial charge < -0.3 is 18.9 Å². The number of thiazole rings is 1. The lowest BCUT2D eigenvalue weighted by molar-refractivity contribution is -0.136. The largest absolute Gasteiger partial charge is 0.494 e. The Hall–Kier alpha value is -4.18. The van der Waals surface area contributed by atoms with Crippen molar-refractivity contribution in [3.05, 3.63) is 84.5 Å². The van der Waals surface area contributed by atoms with Gasteiger partial charge in [0.25, 0.3) is 5.56 Å². The zero-order valence-electron chi connectivity index (χ0n) is 23.2. The maximum Gasteiger partial charge on any atom is 0.338 e. The van der Waals surface area contributed by atoms with Crippen molar-refractivity contribution in [1.82, 2.24) is 4.57 Å². The van der Waals surface area contributed by atoms with Crippen LogP contribution in [0.3, 0.4) is 0 Å². The number of hydrogen-bond acceptors (Lipinski definition) is 9. The Bertz CT molecular complexity index is 1620. The van der Waals surface area contributed by atoms with E-state index >= 15 is 0 Å². The molecule has 0 fully saturated rings. The number of fused-ring (bicyclic) bond motifs is 1. The van der Waals surface area contributed by atoms with Crippen molar-refractivity contribution in [3.63, 3.8) is 0 Å². The zero-order chi connectivity index (χ0) is 28.8. The molecule has 4 rings (SSSR count). The Morgan fingerprint density at radius 3 is 2.48 bits per heavy atom. The van der Waals surface area contributed by atoms with Crippen LogP contribution < -0.4 is 29.1 Å². The maximum absolute atomic E-state index is 13.8. The number of carbonyl (C=O) groups is 2. The quantitative estimate of drug-likeness (QED) is 0.209. The molecule has 2 heterocycles. The molecule has 0 N–H and O–H groups in total. The molecule has 1 atom stereocenters. The number of methoxy groups -OCH3 is 2. The van der Waals surface area contributed by atoms with Gasteiger partial charge >= 0.3 is 11.9 Å². The Morgan fingerprint density at radius 1 is 1.07 bits per heavy atom. The summed E-state index contributed by atoms with van der Waals surface area (Å²) in [7, 11) is 2.73. The van der Waals surface area contributed by atoms with Crippen LogP contribution >= 0.6 is 11.3 Å². The second-order valence-electron chi connectivity index (χ2n) is 9.20. The van der Waals surface area contributed by atoms with Crippen molar-refractivity contribution < 1.29 is 28.5 Å². The normalized spacial score (nSPS) is 14.8. The zero-order valence-corrected chi connectivity index (χ0v) is 24.0. The summed E-state index contributed by atoms with van der Waals surface area (Å²) in [4.78, 5) is 43.3. The minimum atomic E-state index is -0.829. The van der Waals surface area contributed by atoms with Crippen LogP contribution in [0.25, 0.3) is 6.08 Å². The number of esters is 2. The molecular formula is C30H32N2O7S. The lowest BCUT2D eigenvalue weighted by Gasteiger charge is -2.25. The van der Waals surface area contributed by atoms with E-state index in [4.69, 9.17) is 18.9 Å². The molecule has 0 aliphatic carbocycles. The molecule has 0 radical (unpaired) electrons. The number of unbranched alkanes of at least 4 members (excludes halogenated alkanes) is 2. The highest BCUT2D eigenvalue weighted by atomic mass is 32.1. The van der Waals surface area contributed by atoms with Crippen LogP contribution in [0.5, 0.6) is 17.2 Å². The SMILES string of the molecule is CCCCCOc1ccc(/C=c2/sc3n(c2=O)[C@H](c2ccc(OC(C)=O)c(OC)c2)C(C(=O)OC)=C(C)N=3)cc1. The van der Waals surface area contributed by atoms with E-state index in [1.165, 1.54) is 37.0 Å². The predicted molar refractivity (Wildman–Crippen MR) is 152 cm³/mol. The Morgan fingerprint density at radius 2 is 1.82 bits per heavy atom. The van der Waals surface area contributed by atoms with E-state index < -0.39 is 18.0 Å². The van der Waals surface area contributed by atoms with Crippen LogP contribution in [0.4, 0.5) is 0 Å². The summed E-state index contributed by atoms with van der Waals surface area (Å²) < 4.78 is 23.5. The van der Waals surface area contributed by atoms with Crippen LogP contribution in [0.2, 0.25) is 0 Å². The monoisotopic (exact) mass is 564 g/mol. The summed E-state index contributed by atoms with van der Waals surface area (Å²) in [5.74, 6) is 0.188. The van der Waals surface area contributed by atoms with Crippen molar-refractivity contribution in [3.8, 4) is 17.2 Å². The fraction of sp³-hybridized carbons (Fsp3) is 0.333. The topological polar surface area (TPSA) is 105 Å². The van der Waals surface area contributed by atoms with Gasteiger partial charge in [0.15, 0.2) is 16.3 Å². The minimum absolute atomic E-state index is 0.226. The first-order valence-electron chi connectivity index (χ1n) is 13.0. The molecule has 1 aromatic heterocycles. The first-order chi connectivity index (χ1) is 19.3. The lowest BCUT2D eigenvalue weighted by Crippen LogP contribution is -2.39. The highest BCUT2D eigenvalue weighted by Gasteiger charge is 2.33. The van der Waals surface area contributed by atoms with Gasteiger partial charge in [-0.2, -0.15) is 0 Å². The molecule has 9 nitrogen and oxygen atoms in total. The van der Waals surface area contributed by atoms with Gasteiger partial charge in [-0.15, -0.1) is 0 Å². The molecule has 0 saturated heterocycles. The molecule has 1 aliphatic heterocycles. The maximum atomic E-state index is 13.8. The highest BCUT2D eigenvalue weighted by Crippen LogP contribution is 2.36. The molecule has 0 spiro atoms. The van der Waals surface area contributed by atoms with Gasteiger partial charge in [-0.05, 0) is 54.8 Å². The molecule has 0 amide bonds. The lowest BCUT2D eigenvalue weighted by atomic mass is 9.95. The second-order valence-corrected chi connectivity index (χ2v) is 10.2. The first kappa shape index (κ1) is 28.8. The third-order valence-corrected chi connectivity index (χ3v) is 7.36. The third kappa shape index (κ3) is 6.17. The summed E-state index contributed by atoms with van der Waals surface area (Å²) in [6, 6.07) is 11.6. The van der Waals surface area contributed by atoms with Crippen LogP contribution in [0.1, 0.15) is 57.2 Å². The molecule has 1 aliphatic rings. The fourth-order valence-corrected chi connectivity index (χ4v) is 5.50. The molecule has 210 valence electrons. The summed E-state index contributed by atoms with van der Waals surface area (Å²) >= 11 is 1.24. The summed E-state index contributed by atoms with van der Waals surface area (Å²) in [5, 5.41) is 0. The van der Waals surface area contributed by atoms with Crippen LogP contribution in [0, 0.1) is 0 Å². The summed E-state index contributed by atoms with van der Waals surface area (Å²) in [6.45, 7) is 5.82. The average molecular weight is 565 g/mol. The summed E-state index contributed by atoms with van der Waals surface area (Å²) in [5.41, 5.74) is 1.77. The highest BCUT2D eigenvalue weighted by molar-refractivity contribution is 7.07. The predicted octanol–water partition coefficient (Wildman–Crippen LogP) is 3.91. The van der Waals surface area contributed by atoms with Crippen molar-refractivity contribution in [2.24, 2.45) is 4.99 Å². The number of hydrogen-bond donors (Lipinski definition) is 0. The van der Waals surface area contributed by atoms with Gasteiger partial charge in [-0.1, -0.05) is 49.3 Å². The molecule has 40 heavy (non-hydrogen) atoms. The molecule has 0 unspecified atom stereocenters. The summed E-state index contributed by atoms with van der Waals surface area (Å²) in [6.07, 6.45) is 5.06. The molecule has 3 aromatic rings. The van der Waals surface area contributed by atoms with E-state index in [0.717, 1.165) is 30.6 Å². The molecular weight excluding hydrogens is 532 g/mol. The van der Waals surface area contributed by atoms with E-state index in [0.29, 0.717) is 27.2 Å². The van der Waals surface area contributed by atoms with Gasteiger partial charge in [-0.3, -0.25) is 14.2 Å². The molecule has 2 aromatic carbocycles. The van der Waals surface area contributed by atoms with Crippen molar-refractivity contribution in [2.75, 3.05) is 20.8 Å². The third-order valence-electron chi connectivity index (χ3n) is 6.38. The number of ether oxygens (including phenoxy) is 4. The number of carbonyl (C=O) groups excluding carboxylic acids is 2.